The molecule has 0 radical (unpaired) electrons. The Kier molecular flexibility index (Phi) is 9.74. The number of rotatable bonds is 11. The molecule has 9 heteroatoms. The van der Waals surface area contributed by atoms with E-state index in [0.29, 0.717) is 36.7 Å². The molecule has 0 spiro atoms. The van der Waals surface area contributed by atoms with Crippen LogP contribution in [0.15, 0.2) is 78.9 Å². The molecule has 0 unspecified atom stereocenters. The molecule has 2 aliphatic heterocycles. The van der Waals surface area contributed by atoms with Gasteiger partial charge in [0.2, 0.25) is 0 Å². The molecule has 2 fully saturated rings. The van der Waals surface area contributed by atoms with Crippen molar-refractivity contribution in [3.63, 3.8) is 0 Å². The Morgan fingerprint density at radius 3 is 2.29 bits per heavy atom. The molecular formula is C33H40N4O5. The molecule has 9 nitrogen and oxygen atoms in total. The third-order valence-electron chi connectivity index (χ3n) is 7.86. The Hall–Kier alpha value is -3.92. The third kappa shape index (κ3) is 7.10. The minimum absolute atomic E-state index is 0.00522. The summed E-state index contributed by atoms with van der Waals surface area (Å²) in [6, 6.07) is 24.0. The van der Waals surface area contributed by atoms with E-state index in [1.165, 1.54) is 0 Å². The van der Waals surface area contributed by atoms with Crippen LogP contribution in [0, 0.1) is 0 Å². The minimum Gasteiger partial charge on any atom is -0.489 e. The molecule has 2 amide bonds. The van der Waals surface area contributed by atoms with E-state index in [1.54, 1.807) is 29.2 Å². The molecule has 0 aromatic heterocycles. The molecule has 0 bridgehead atoms. The zero-order chi connectivity index (χ0) is 29.5. The number of aliphatic hydroxyl groups is 1. The van der Waals surface area contributed by atoms with E-state index >= 15 is 0 Å². The van der Waals surface area contributed by atoms with E-state index in [9.17, 15) is 14.7 Å². The molecule has 2 atom stereocenters. The molecule has 0 aliphatic carbocycles. The number of carbonyl (C=O) groups is 2. The van der Waals surface area contributed by atoms with Crippen LogP contribution in [0.1, 0.15) is 33.9 Å². The number of carbonyl (C=O) groups excluding carboxylic acids is 2. The van der Waals surface area contributed by atoms with Crippen molar-refractivity contribution in [3.05, 3.63) is 95.6 Å². The second kappa shape index (κ2) is 13.8. The normalized spacial score (nSPS) is 19.3. The van der Waals surface area contributed by atoms with Crippen LogP contribution in [0.25, 0.3) is 0 Å². The monoisotopic (exact) mass is 572 g/mol. The van der Waals surface area contributed by atoms with Gasteiger partial charge in [-0.05, 0) is 81.1 Å². The number of anilines is 1. The SMILES string of the molecule is CN(C)CCCN1CCN(C(=O)c2ccc(N3C(=O)O[C@H](CO)[C@H]3c3ccc(OCc4ccccc4)cc3)cc2)CC1. The average Bonchev–Trinajstić information content (AvgIpc) is 3.36. The number of ether oxygens (including phenoxy) is 2. The van der Waals surface area contributed by atoms with Gasteiger partial charge in [-0.1, -0.05) is 42.5 Å². The predicted octanol–water partition coefficient (Wildman–Crippen LogP) is 4.03. The van der Waals surface area contributed by atoms with Crippen molar-refractivity contribution in [2.75, 3.05) is 64.9 Å². The summed E-state index contributed by atoms with van der Waals surface area (Å²) in [6.45, 7) is 5.39. The summed E-state index contributed by atoms with van der Waals surface area (Å²) in [5, 5.41) is 10.0. The lowest BCUT2D eigenvalue weighted by atomic mass is 10.00. The molecule has 42 heavy (non-hydrogen) atoms. The second-order valence-corrected chi connectivity index (χ2v) is 11.1. The highest BCUT2D eigenvalue weighted by molar-refractivity contribution is 5.96. The fourth-order valence-corrected chi connectivity index (χ4v) is 5.53. The Labute approximate surface area is 247 Å². The van der Waals surface area contributed by atoms with Gasteiger partial charge in [0.25, 0.3) is 5.91 Å². The first-order chi connectivity index (χ1) is 20.4. The maximum Gasteiger partial charge on any atom is 0.415 e. The number of cyclic esters (lactones) is 1. The zero-order valence-electron chi connectivity index (χ0n) is 24.4. The molecule has 3 aromatic carbocycles. The van der Waals surface area contributed by atoms with Gasteiger partial charge < -0.3 is 24.4 Å². The van der Waals surface area contributed by atoms with Gasteiger partial charge in [0.1, 0.15) is 18.4 Å². The highest BCUT2D eigenvalue weighted by Gasteiger charge is 2.43. The quantitative estimate of drug-likeness (QED) is 0.371. The Morgan fingerprint density at radius 1 is 0.952 bits per heavy atom. The molecular weight excluding hydrogens is 532 g/mol. The van der Waals surface area contributed by atoms with E-state index in [1.807, 2.05) is 59.5 Å². The van der Waals surface area contributed by atoms with E-state index in [2.05, 4.69) is 23.9 Å². The molecule has 2 heterocycles. The first-order valence-corrected chi connectivity index (χ1v) is 14.6. The highest BCUT2D eigenvalue weighted by atomic mass is 16.6. The molecule has 0 saturated carbocycles. The number of aliphatic hydroxyl groups excluding tert-OH is 1. The number of hydrogen-bond acceptors (Lipinski definition) is 7. The summed E-state index contributed by atoms with van der Waals surface area (Å²) in [4.78, 5) is 34.2. The second-order valence-electron chi connectivity index (χ2n) is 11.1. The Morgan fingerprint density at radius 2 is 1.64 bits per heavy atom. The van der Waals surface area contributed by atoms with Crippen molar-refractivity contribution in [1.82, 2.24) is 14.7 Å². The number of nitrogens with zero attached hydrogens (tertiary/aromatic N) is 4. The lowest BCUT2D eigenvalue weighted by Crippen LogP contribution is -2.49. The van der Waals surface area contributed by atoms with Gasteiger partial charge in [0.05, 0.1) is 6.61 Å². The van der Waals surface area contributed by atoms with Crippen LogP contribution < -0.4 is 9.64 Å². The van der Waals surface area contributed by atoms with Gasteiger partial charge in [-0.2, -0.15) is 0 Å². The van der Waals surface area contributed by atoms with Crippen LogP contribution in [0.3, 0.4) is 0 Å². The molecule has 2 aliphatic rings. The Bertz CT molecular complexity index is 1310. The van der Waals surface area contributed by atoms with Crippen LogP contribution in [-0.2, 0) is 11.3 Å². The summed E-state index contributed by atoms with van der Waals surface area (Å²) in [5.41, 5.74) is 3.08. The molecule has 1 N–H and O–H groups in total. The lowest BCUT2D eigenvalue weighted by Gasteiger charge is -2.35. The maximum absolute atomic E-state index is 13.2. The van der Waals surface area contributed by atoms with E-state index < -0.39 is 18.2 Å². The number of benzene rings is 3. The van der Waals surface area contributed by atoms with Crippen LogP contribution >= 0.6 is 0 Å². The maximum atomic E-state index is 13.2. The fourth-order valence-electron chi connectivity index (χ4n) is 5.53. The highest BCUT2D eigenvalue weighted by Crippen LogP contribution is 2.38. The minimum atomic E-state index is -0.719. The molecule has 222 valence electrons. The van der Waals surface area contributed by atoms with Crippen LogP contribution in [-0.4, -0.2) is 97.9 Å². The summed E-state index contributed by atoms with van der Waals surface area (Å²) < 4.78 is 11.4. The fraction of sp³-hybridized carbons (Fsp3) is 0.394. The summed E-state index contributed by atoms with van der Waals surface area (Å²) >= 11 is 0. The van der Waals surface area contributed by atoms with Gasteiger partial charge in [-0.15, -0.1) is 0 Å². The van der Waals surface area contributed by atoms with E-state index in [-0.39, 0.29) is 12.5 Å². The summed E-state index contributed by atoms with van der Waals surface area (Å²) in [5.74, 6) is 0.701. The summed E-state index contributed by atoms with van der Waals surface area (Å²) in [7, 11) is 4.17. The lowest BCUT2D eigenvalue weighted by molar-refractivity contribution is 0.0633. The molecule has 2 saturated heterocycles. The molecule has 5 rings (SSSR count). The van der Waals surface area contributed by atoms with Crippen molar-refractivity contribution in [1.29, 1.82) is 0 Å². The van der Waals surface area contributed by atoms with Crippen molar-refractivity contribution in [2.24, 2.45) is 0 Å². The predicted molar refractivity (Wildman–Crippen MR) is 162 cm³/mol. The van der Waals surface area contributed by atoms with Crippen molar-refractivity contribution < 1.29 is 24.2 Å². The number of hydrogen-bond donors (Lipinski definition) is 1. The van der Waals surface area contributed by atoms with Crippen molar-refractivity contribution in [2.45, 2.75) is 25.2 Å². The number of amides is 2. The first-order valence-electron chi connectivity index (χ1n) is 14.6. The van der Waals surface area contributed by atoms with Gasteiger partial charge >= 0.3 is 6.09 Å². The summed E-state index contributed by atoms with van der Waals surface area (Å²) in [6.07, 6.45) is -0.136. The van der Waals surface area contributed by atoms with Crippen LogP contribution in [0.2, 0.25) is 0 Å². The van der Waals surface area contributed by atoms with Crippen molar-refractivity contribution >= 4 is 17.7 Å². The standard InChI is InChI=1S/C33H40N4O5/c1-34(2)17-6-18-35-19-21-36(22-20-35)32(39)27-9-13-28(14-10-27)37-31(30(23-38)42-33(37)40)26-11-15-29(16-12-26)41-24-25-7-4-3-5-8-25/h3-5,7-16,30-31,38H,6,17-24H2,1-2H3/t30-,31-/m1/s1. The zero-order valence-corrected chi connectivity index (χ0v) is 24.4. The third-order valence-corrected chi connectivity index (χ3v) is 7.86. The smallest absolute Gasteiger partial charge is 0.415 e. The van der Waals surface area contributed by atoms with Gasteiger partial charge in [-0.25, -0.2) is 4.79 Å². The first kappa shape index (κ1) is 29.6. The van der Waals surface area contributed by atoms with Gasteiger partial charge in [-0.3, -0.25) is 14.6 Å². The Balaban J connectivity index is 1.23. The van der Waals surface area contributed by atoms with E-state index in [0.717, 1.165) is 43.7 Å². The topological polar surface area (TPSA) is 85.8 Å². The average molecular weight is 573 g/mol. The van der Waals surface area contributed by atoms with E-state index in [4.69, 9.17) is 9.47 Å². The largest absolute Gasteiger partial charge is 0.489 e. The van der Waals surface area contributed by atoms with Crippen LogP contribution in [0.4, 0.5) is 10.5 Å². The van der Waals surface area contributed by atoms with Gasteiger partial charge in [0.15, 0.2) is 6.10 Å². The molecule has 3 aromatic rings. The number of piperazine rings is 1. The van der Waals surface area contributed by atoms with Crippen LogP contribution in [0.5, 0.6) is 5.75 Å². The van der Waals surface area contributed by atoms with Gasteiger partial charge in [0, 0.05) is 37.4 Å². The van der Waals surface area contributed by atoms with Crippen molar-refractivity contribution in [3.8, 4) is 5.75 Å².